The van der Waals surface area contributed by atoms with Crippen molar-refractivity contribution in [3.63, 3.8) is 0 Å². The third-order valence-electron chi connectivity index (χ3n) is 0.283. The van der Waals surface area contributed by atoms with Crippen LogP contribution in [-0.2, 0) is 0 Å². The zero-order valence-electron chi connectivity index (χ0n) is 2.46. The fourth-order valence-electron chi connectivity index (χ4n) is 0.136. The first-order valence-corrected chi connectivity index (χ1v) is 2.13. The smallest absolute Gasteiger partial charge is 0.0000750 e. The van der Waals surface area contributed by atoms with Gasteiger partial charge in [0.25, 0.3) is 0 Å². The molecule has 2 nitrogen and oxygen atoms in total. The molecule has 1 aliphatic heterocycles. The molecule has 0 bridgehead atoms. The van der Waals surface area contributed by atoms with E-state index in [2.05, 4.69) is 10.2 Å². The van der Waals surface area contributed by atoms with Crippen molar-refractivity contribution in [1.82, 2.24) is 5.10 Å². The summed E-state index contributed by atoms with van der Waals surface area (Å²) >= 11 is 1.49. The van der Waals surface area contributed by atoms with Crippen LogP contribution in [0.4, 0.5) is 0 Å². The fraction of sp³-hybridized carbons (Fsp3) is 0. The molecule has 0 fully saturated rings. The highest BCUT2D eigenvalue weighted by atomic mass is 32.2. The molecule has 25 valence electrons. The van der Waals surface area contributed by atoms with E-state index in [1.165, 1.54) is 11.8 Å². The quantitative estimate of drug-likeness (QED) is 0.409. The highest BCUT2D eigenvalue weighted by Crippen LogP contribution is 1.87. The summed E-state index contributed by atoms with van der Waals surface area (Å²) in [6.07, 6.45) is 0. The molecule has 0 aromatic heterocycles. The lowest BCUT2D eigenvalue weighted by Gasteiger charge is -1.41. The van der Waals surface area contributed by atoms with Crippen LogP contribution in [-0.4, -0.2) is 11.1 Å². The Balaban J connectivity index is 2.61. The summed E-state index contributed by atoms with van der Waals surface area (Å²) in [5, 5.41) is 6.98. The van der Waals surface area contributed by atoms with Gasteiger partial charge in [-0.05, 0) is 11.8 Å². The molecule has 0 amide bonds. The predicted molar refractivity (Wildman–Crippen MR) is 24.3 cm³/mol. The lowest BCUT2D eigenvalue weighted by Crippen LogP contribution is -1.61. The van der Waals surface area contributed by atoms with Crippen LogP contribution in [0, 0.1) is 0 Å². The summed E-state index contributed by atoms with van der Waals surface area (Å²) in [5.74, 6) is 0. The van der Waals surface area contributed by atoms with Crippen molar-refractivity contribution >= 4 is 22.9 Å². The molecule has 5 heavy (non-hydrogen) atoms. The molecule has 1 heterocycles. The normalized spacial score (nSPS) is 17.6. The van der Waals surface area contributed by atoms with Gasteiger partial charge in [-0.3, -0.25) is 0 Å². The Labute approximate surface area is 34.0 Å². The summed E-state index contributed by atoms with van der Waals surface area (Å²) in [4.78, 5) is 0. The van der Waals surface area contributed by atoms with Gasteiger partial charge in [0.05, 0.1) is 5.10 Å². The van der Waals surface area contributed by atoms with E-state index < -0.39 is 0 Å². The van der Waals surface area contributed by atoms with Crippen LogP contribution in [0.3, 0.4) is 0 Å². The van der Waals surface area contributed by atoms with Gasteiger partial charge in [-0.25, -0.2) is 0 Å². The van der Waals surface area contributed by atoms with Crippen molar-refractivity contribution in [2.75, 3.05) is 0 Å². The first-order valence-electron chi connectivity index (χ1n) is 1.19. The van der Waals surface area contributed by atoms with Gasteiger partial charge >= 0.3 is 5.55 Å². The minimum atomic E-state index is 1.49. The Kier molecular flexibility index (Phi) is 0.705. The van der Waals surface area contributed by atoms with Crippen molar-refractivity contribution in [1.29, 1.82) is 0 Å². The maximum absolute atomic E-state index is 3.49. The van der Waals surface area contributed by atoms with Crippen molar-refractivity contribution in [2.45, 2.75) is 0 Å². The minimum Gasteiger partial charge on any atom is -0.0000750 e. The first kappa shape index (κ1) is 2.90. The average molecular weight is 86.1 g/mol. The lowest BCUT2D eigenvalue weighted by atomic mass is 11.6. The molecule has 3 heteroatoms. The summed E-state index contributed by atoms with van der Waals surface area (Å²) in [7, 11) is 0. The van der Waals surface area contributed by atoms with Gasteiger partial charge < -0.3 is 0 Å². The minimum absolute atomic E-state index is 1.49. The van der Waals surface area contributed by atoms with Crippen LogP contribution >= 0.6 is 11.8 Å². The topological polar surface area (TPSA) is 26.5 Å². The third-order valence-corrected chi connectivity index (χ3v) is 0.715. The summed E-state index contributed by atoms with van der Waals surface area (Å²) < 4.78 is 0. The van der Waals surface area contributed by atoms with Gasteiger partial charge in [0.15, 0.2) is 0 Å². The maximum Gasteiger partial charge on any atom is 0.317 e. The second-order valence-electron chi connectivity index (χ2n) is 0.578. The molecule has 0 saturated heterocycles. The van der Waals surface area contributed by atoms with E-state index in [0.29, 0.717) is 0 Å². The zero-order chi connectivity index (χ0) is 3.54. The van der Waals surface area contributed by atoms with Crippen molar-refractivity contribution < 1.29 is 0 Å². The SMILES string of the molecule is C1=N[N+]=CS1. The number of rotatable bonds is 0. The third kappa shape index (κ3) is 0.479. The highest BCUT2D eigenvalue weighted by molar-refractivity contribution is 8.23. The van der Waals surface area contributed by atoms with Crippen LogP contribution in [0.1, 0.15) is 0 Å². The van der Waals surface area contributed by atoms with E-state index in [-0.39, 0.29) is 0 Å². The molecule has 0 atom stereocenters. The second-order valence-corrected chi connectivity index (χ2v) is 1.27. The van der Waals surface area contributed by atoms with Crippen LogP contribution in [0.15, 0.2) is 5.10 Å². The van der Waals surface area contributed by atoms with Crippen LogP contribution in [0.5, 0.6) is 0 Å². The monoisotopic (exact) mass is 86.0 g/mol. The average Bonchev–Trinajstić information content (AvgIpc) is 1.76. The van der Waals surface area contributed by atoms with Crippen LogP contribution < -0.4 is 5.10 Å². The zero-order valence-corrected chi connectivity index (χ0v) is 3.27. The molecule has 0 aliphatic carbocycles. The molecule has 0 saturated carbocycles. The Morgan fingerprint density at radius 3 is 3.00 bits per heavy atom. The number of hydrogen-bond donors (Lipinski definition) is 0. The van der Waals surface area contributed by atoms with Crippen molar-refractivity contribution in [2.24, 2.45) is 5.10 Å². The summed E-state index contributed by atoms with van der Waals surface area (Å²) in [6, 6.07) is 0. The Hall–Kier alpha value is -0.310. The van der Waals surface area contributed by atoms with Gasteiger partial charge in [-0.1, -0.05) is 0 Å². The molecular weight excluding hydrogens is 84.1 g/mol. The van der Waals surface area contributed by atoms with Gasteiger partial charge in [-0.2, -0.15) is 0 Å². The van der Waals surface area contributed by atoms with Crippen LogP contribution in [0.25, 0.3) is 0 Å². The maximum atomic E-state index is 3.49. The van der Waals surface area contributed by atoms with E-state index in [1.807, 2.05) is 0 Å². The standard InChI is InChI=1S/C2H2N2S/c1-3-4-2-5-1/h1-2H/q+1. The largest absolute Gasteiger partial charge is 0.317 e. The van der Waals surface area contributed by atoms with Gasteiger partial charge in [-0.15, -0.1) is 0 Å². The Morgan fingerprint density at radius 1 is 1.80 bits per heavy atom. The molecule has 0 aromatic carbocycles. The highest BCUT2D eigenvalue weighted by Gasteiger charge is 1.92. The number of hydrogen-bond acceptors (Lipinski definition) is 3. The molecule has 1 rings (SSSR count). The van der Waals surface area contributed by atoms with Crippen LogP contribution in [0.2, 0.25) is 0 Å². The van der Waals surface area contributed by atoms with Gasteiger partial charge in [0, 0.05) is 0 Å². The molecular formula is C2H2N2S+. The van der Waals surface area contributed by atoms with Gasteiger partial charge in [0.2, 0.25) is 5.10 Å². The molecule has 0 unspecified atom stereocenters. The van der Waals surface area contributed by atoms with Crippen molar-refractivity contribution in [3.05, 3.63) is 0 Å². The Morgan fingerprint density at radius 2 is 2.80 bits per heavy atom. The molecule has 1 radical (unpaired) electrons. The van der Waals surface area contributed by atoms with E-state index in [1.54, 1.807) is 11.1 Å². The van der Waals surface area contributed by atoms with Crippen molar-refractivity contribution in [3.8, 4) is 0 Å². The van der Waals surface area contributed by atoms with E-state index >= 15 is 0 Å². The molecule has 0 N–H and O–H groups in total. The summed E-state index contributed by atoms with van der Waals surface area (Å²) in [5.41, 5.74) is 3.36. The second kappa shape index (κ2) is 1.21. The molecule has 0 aromatic rings. The first-order chi connectivity index (χ1) is 2.50. The molecule has 1 aliphatic rings. The van der Waals surface area contributed by atoms with E-state index in [0.717, 1.165) is 0 Å². The van der Waals surface area contributed by atoms with E-state index in [9.17, 15) is 0 Å². The fourth-order valence-corrected chi connectivity index (χ4v) is 0.408. The summed E-state index contributed by atoms with van der Waals surface area (Å²) in [6.45, 7) is 0. The van der Waals surface area contributed by atoms with Gasteiger partial charge in [0.1, 0.15) is 5.55 Å². The molecule has 0 spiro atoms. The number of thioether (sulfide) groups is 1. The van der Waals surface area contributed by atoms with E-state index in [4.69, 9.17) is 0 Å². The lowest BCUT2D eigenvalue weighted by molar-refractivity contribution is 1.14. The number of nitrogens with zero attached hydrogens (tertiary/aromatic N) is 2. The Bertz CT molecular complexity index is 65.7. The predicted octanol–water partition coefficient (Wildman–Crippen LogP) is 0.0406.